The predicted molar refractivity (Wildman–Crippen MR) is 120 cm³/mol. The quantitative estimate of drug-likeness (QED) is 0.381. The maximum absolute atomic E-state index is 13.6. The van der Waals surface area contributed by atoms with E-state index in [0.717, 1.165) is 6.20 Å². The molecule has 0 aliphatic carbocycles. The number of carbonyl (C=O) groups excluding carboxylic acids is 1. The molecule has 4 aromatic rings. The van der Waals surface area contributed by atoms with Crippen LogP contribution in [0.1, 0.15) is 34.5 Å². The third kappa shape index (κ3) is 3.81. The Hall–Kier alpha value is -4.30. The van der Waals surface area contributed by atoms with Crippen molar-refractivity contribution in [2.45, 2.75) is 37.3 Å². The first-order valence-electron chi connectivity index (χ1n) is 12.1. The lowest BCUT2D eigenvalue weighted by Gasteiger charge is -2.22. The third-order valence-corrected chi connectivity index (χ3v) is 6.06. The molecule has 192 valence electrons. The predicted octanol–water partition coefficient (Wildman–Crippen LogP) is 3.19. The van der Waals surface area contributed by atoms with Gasteiger partial charge in [0.2, 0.25) is 5.91 Å². The molecule has 5 heterocycles. The minimum atomic E-state index is -5.81. The van der Waals surface area contributed by atoms with Crippen molar-refractivity contribution in [2.24, 2.45) is 6.98 Å². The van der Waals surface area contributed by atoms with Crippen LogP contribution >= 0.6 is 0 Å². The van der Waals surface area contributed by atoms with Gasteiger partial charge in [0.1, 0.15) is 28.6 Å². The van der Waals surface area contributed by atoms with E-state index in [-0.39, 0.29) is 39.8 Å². The summed E-state index contributed by atoms with van der Waals surface area (Å²) in [5.41, 5.74) is 4.83. The number of aryl methyl sites for hydroxylation is 2. The third-order valence-electron chi connectivity index (χ3n) is 6.06. The number of hydrogen-bond donors (Lipinski definition) is 2. The Morgan fingerprint density at radius 1 is 1.16 bits per heavy atom. The first kappa shape index (κ1) is 20.8. The average Bonchev–Trinajstić information content (AvgIpc) is 3.41. The van der Waals surface area contributed by atoms with Crippen LogP contribution < -0.4 is 11.1 Å². The van der Waals surface area contributed by atoms with Crippen LogP contribution in [0.5, 0.6) is 0 Å². The molecule has 0 fully saturated rings. The number of nitrogens with two attached hydrogens (primary N) is 1. The van der Waals surface area contributed by atoms with Crippen LogP contribution in [0.15, 0.2) is 30.6 Å². The highest BCUT2D eigenvalue weighted by Crippen LogP contribution is 2.44. The van der Waals surface area contributed by atoms with Crippen molar-refractivity contribution in [2.75, 3.05) is 11.1 Å². The second kappa shape index (κ2) is 8.11. The van der Waals surface area contributed by atoms with Crippen molar-refractivity contribution in [1.82, 2.24) is 34.7 Å². The molecule has 1 amide bonds. The molecule has 10 nitrogen and oxygen atoms in total. The van der Waals surface area contributed by atoms with Gasteiger partial charge in [-0.25, -0.2) is 19.9 Å². The fourth-order valence-electron chi connectivity index (χ4n) is 4.06. The van der Waals surface area contributed by atoms with Gasteiger partial charge in [-0.3, -0.25) is 14.5 Å². The van der Waals surface area contributed by atoms with Crippen molar-refractivity contribution < 1.29 is 30.9 Å². The average molecular weight is 522 g/mol. The Kier molecular flexibility index (Phi) is 4.57. The van der Waals surface area contributed by atoms with Crippen molar-refractivity contribution in [3.8, 4) is 11.5 Å². The smallest absolute Gasteiger partial charge is 0.383 e. The number of fused-ring (bicyclic) bond motifs is 2. The molecule has 1 aliphatic rings. The molecule has 1 unspecified atom stereocenters. The molecule has 3 N–H and O–H groups in total. The number of rotatable bonds is 5. The standard InChI is InChI=1S/C22H18F5N9O/c1-20(11-5-3-4-8-29-11)13-15(28)33-17(34-16(13)35-19(20)37)14-10-9-30-36(2)18(10)32-12(31-14)6-7-21(23,24)22(25,26)27/h3-5,8-9H,6-7H2,1-2H3,(H3,28,33,34,35,37)/i2D3. The molecule has 0 radical (unpaired) electrons. The molecule has 0 aromatic carbocycles. The van der Waals surface area contributed by atoms with Gasteiger partial charge in [0.15, 0.2) is 11.5 Å². The number of anilines is 2. The van der Waals surface area contributed by atoms with Crippen LogP contribution in [0.3, 0.4) is 0 Å². The number of halogens is 5. The summed E-state index contributed by atoms with van der Waals surface area (Å²) >= 11 is 0. The minimum Gasteiger partial charge on any atom is -0.383 e. The van der Waals surface area contributed by atoms with Gasteiger partial charge in [0, 0.05) is 30.1 Å². The molecule has 37 heavy (non-hydrogen) atoms. The number of amides is 1. The van der Waals surface area contributed by atoms with Gasteiger partial charge in [0.25, 0.3) is 0 Å². The molecule has 0 saturated heterocycles. The highest BCUT2D eigenvalue weighted by atomic mass is 19.4. The van der Waals surface area contributed by atoms with Crippen LogP contribution in [-0.2, 0) is 23.6 Å². The van der Waals surface area contributed by atoms with Gasteiger partial charge < -0.3 is 11.1 Å². The van der Waals surface area contributed by atoms with Crippen molar-refractivity contribution in [3.63, 3.8) is 0 Å². The number of alkyl halides is 5. The van der Waals surface area contributed by atoms with E-state index in [1.54, 1.807) is 25.1 Å². The van der Waals surface area contributed by atoms with E-state index in [4.69, 9.17) is 9.85 Å². The SMILES string of the molecule is [2H]C([2H])([2H])n1ncc2c(-c3nc(N)c4c(n3)NC(=O)C4(C)c3ccccn3)nc(CCC(F)(F)C(F)(F)F)nc21. The molecule has 4 aromatic heterocycles. The Morgan fingerprint density at radius 3 is 2.62 bits per heavy atom. The van der Waals surface area contributed by atoms with E-state index < -0.39 is 49.1 Å². The monoisotopic (exact) mass is 522 g/mol. The fraction of sp³-hybridized carbons (Fsp3) is 0.318. The highest BCUT2D eigenvalue weighted by molar-refractivity contribution is 6.09. The van der Waals surface area contributed by atoms with Crippen LogP contribution in [0.4, 0.5) is 33.6 Å². The number of carbonyl (C=O) groups is 1. The summed E-state index contributed by atoms with van der Waals surface area (Å²) in [6.45, 7) is -1.31. The zero-order chi connectivity index (χ0) is 29.3. The van der Waals surface area contributed by atoms with Crippen LogP contribution in [0.25, 0.3) is 22.6 Å². The maximum Gasteiger partial charge on any atom is 0.453 e. The molecule has 0 bridgehead atoms. The van der Waals surface area contributed by atoms with Crippen molar-refractivity contribution in [1.29, 1.82) is 0 Å². The zero-order valence-corrected chi connectivity index (χ0v) is 18.8. The number of aromatic nitrogens is 7. The van der Waals surface area contributed by atoms with E-state index in [1.807, 2.05) is 0 Å². The summed E-state index contributed by atoms with van der Waals surface area (Å²) in [7, 11) is 0. The summed E-state index contributed by atoms with van der Waals surface area (Å²) in [5, 5.41) is 6.33. The zero-order valence-electron chi connectivity index (χ0n) is 21.8. The Labute approximate surface area is 209 Å². The van der Waals surface area contributed by atoms with Crippen molar-refractivity contribution >= 4 is 28.6 Å². The van der Waals surface area contributed by atoms with Gasteiger partial charge in [-0.1, -0.05) is 6.07 Å². The lowest BCUT2D eigenvalue weighted by molar-refractivity contribution is -0.284. The molecular weight excluding hydrogens is 501 g/mol. The molecule has 1 atom stereocenters. The second-order valence-corrected chi connectivity index (χ2v) is 8.43. The lowest BCUT2D eigenvalue weighted by atomic mass is 9.81. The summed E-state index contributed by atoms with van der Waals surface area (Å²) in [4.78, 5) is 33.8. The molecule has 0 saturated carbocycles. The Bertz CT molecular complexity index is 1640. The van der Waals surface area contributed by atoms with Gasteiger partial charge in [-0.2, -0.15) is 27.1 Å². The summed E-state index contributed by atoms with van der Waals surface area (Å²) in [6, 6.07) is 4.95. The van der Waals surface area contributed by atoms with Crippen molar-refractivity contribution in [3.05, 3.63) is 47.7 Å². The highest BCUT2D eigenvalue weighted by Gasteiger charge is 2.56. The number of nitrogen functional groups attached to an aromatic ring is 1. The van der Waals surface area contributed by atoms with E-state index in [9.17, 15) is 26.7 Å². The van der Waals surface area contributed by atoms with E-state index in [2.05, 4.69) is 35.3 Å². The summed E-state index contributed by atoms with van der Waals surface area (Å²) in [5.74, 6) is -6.57. The van der Waals surface area contributed by atoms with E-state index in [1.165, 1.54) is 6.20 Å². The topological polar surface area (TPSA) is 137 Å². The van der Waals surface area contributed by atoms with E-state index >= 15 is 0 Å². The summed E-state index contributed by atoms with van der Waals surface area (Å²) < 4.78 is 89.0. The molecule has 0 spiro atoms. The van der Waals surface area contributed by atoms with Crippen LogP contribution in [0, 0.1) is 0 Å². The maximum atomic E-state index is 13.6. The molecule has 1 aliphatic heterocycles. The van der Waals surface area contributed by atoms with Gasteiger partial charge in [-0.05, 0) is 19.1 Å². The van der Waals surface area contributed by atoms with E-state index in [0.29, 0.717) is 10.4 Å². The first-order valence-corrected chi connectivity index (χ1v) is 10.6. The minimum absolute atomic E-state index is 0.0132. The number of hydrogen-bond acceptors (Lipinski definition) is 8. The second-order valence-electron chi connectivity index (χ2n) is 8.43. The first-order chi connectivity index (χ1) is 18.5. The van der Waals surface area contributed by atoms with Crippen LogP contribution in [-0.4, -0.2) is 52.7 Å². The van der Waals surface area contributed by atoms with Gasteiger partial charge >= 0.3 is 12.1 Å². The molecule has 15 heteroatoms. The van der Waals surface area contributed by atoms with Crippen LogP contribution in [0.2, 0.25) is 0 Å². The Balaban J connectivity index is 1.66. The van der Waals surface area contributed by atoms with Gasteiger partial charge in [-0.15, -0.1) is 0 Å². The molecular formula is C22H18F5N9O. The fourth-order valence-corrected chi connectivity index (χ4v) is 4.06. The summed E-state index contributed by atoms with van der Waals surface area (Å²) in [6.07, 6.45) is -5.93. The van der Waals surface area contributed by atoms with Gasteiger partial charge in [0.05, 0.1) is 22.8 Å². The lowest BCUT2D eigenvalue weighted by Crippen LogP contribution is -2.36. The normalized spacial score (nSPS) is 19.3. The number of nitrogens with one attached hydrogen (secondary N) is 1. The Morgan fingerprint density at radius 2 is 1.95 bits per heavy atom. The largest absolute Gasteiger partial charge is 0.453 e. The molecule has 5 rings (SSSR count). The number of nitrogens with zero attached hydrogens (tertiary/aromatic N) is 7. The number of pyridine rings is 1.